The van der Waals surface area contributed by atoms with Crippen LogP contribution in [-0.2, 0) is 4.79 Å². The quantitative estimate of drug-likeness (QED) is 0.806. The van der Waals surface area contributed by atoms with E-state index in [-0.39, 0.29) is 11.8 Å². The van der Waals surface area contributed by atoms with Gasteiger partial charge in [-0.3, -0.25) is 4.79 Å². The molecule has 15 heavy (non-hydrogen) atoms. The highest BCUT2D eigenvalue weighted by atomic mass is 16.1. The first-order valence-corrected chi connectivity index (χ1v) is 5.42. The molecule has 0 aliphatic rings. The maximum atomic E-state index is 11.6. The Morgan fingerprint density at radius 3 is 2.53 bits per heavy atom. The molecule has 1 aromatic carbocycles. The second-order valence-corrected chi connectivity index (χ2v) is 4.10. The van der Waals surface area contributed by atoms with E-state index < -0.39 is 0 Å². The van der Waals surface area contributed by atoms with Gasteiger partial charge in [0.25, 0.3) is 0 Å². The van der Waals surface area contributed by atoms with Crippen molar-refractivity contribution in [1.82, 2.24) is 0 Å². The molecule has 0 heterocycles. The van der Waals surface area contributed by atoms with Crippen molar-refractivity contribution in [3.8, 4) is 0 Å². The van der Waals surface area contributed by atoms with Crippen LogP contribution >= 0.6 is 0 Å². The molecule has 0 aromatic heterocycles. The van der Waals surface area contributed by atoms with Crippen molar-refractivity contribution in [2.45, 2.75) is 34.1 Å². The van der Waals surface area contributed by atoms with Crippen LogP contribution in [0, 0.1) is 19.8 Å². The van der Waals surface area contributed by atoms with Crippen molar-refractivity contribution in [3.63, 3.8) is 0 Å². The predicted octanol–water partition coefficient (Wildman–Crippen LogP) is 3.29. The summed E-state index contributed by atoms with van der Waals surface area (Å²) in [5.41, 5.74) is 3.34. The summed E-state index contributed by atoms with van der Waals surface area (Å²) in [4.78, 5) is 11.6. The zero-order valence-electron chi connectivity index (χ0n) is 9.92. The molecule has 0 saturated heterocycles. The summed E-state index contributed by atoms with van der Waals surface area (Å²) < 4.78 is 0. The maximum Gasteiger partial charge on any atom is 0.227 e. The molecule has 0 unspecified atom stereocenters. The van der Waals surface area contributed by atoms with Crippen molar-refractivity contribution < 1.29 is 4.79 Å². The van der Waals surface area contributed by atoms with Gasteiger partial charge in [-0.15, -0.1) is 0 Å². The molecule has 0 spiro atoms. The summed E-state index contributed by atoms with van der Waals surface area (Å²) in [6.45, 7) is 8.07. The van der Waals surface area contributed by atoms with Crippen molar-refractivity contribution in [2.24, 2.45) is 5.92 Å². The van der Waals surface area contributed by atoms with Gasteiger partial charge in [-0.25, -0.2) is 0 Å². The van der Waals surface area contributed by atoms with Gasteiger partial charge in [0.15, 0.2) is 0 Å². The lowest BCUT2D eigenvalue weighted by Gasteiger charge is -2.11. The number of hydrogen-bond donors (Lipinski definition) is 1. The predicted molar refractivity (Wildman–Crippen MR) is 64.0 cm³/mol. The fourth-order valence-corrected chi connectivity index (χ4v) is 1.27. The van der Waals surface area contributed by atoms with Crippen LogP contribution in [0.4, 0.5) is 5.69 Å². The van der Waals surface area contributed by atoms with Crippen LogP contribution in [0.1, 0.15) is 31.4 Å². The fourth-order valence-electron chi connectivity index (χ4n) is 1.27. The zero-order valence-corrected chi connectivity index (χ0v) is 9.92. The number of rotatable bonds is 3. The molecule has 1 atom stereocenters. The highest BCUT2D eigenvalue weighted by Crippen LogP contribution is 2.15. The highest BCUT2D eigenvalue weighted by Gasteiger charge is 2.10. The van der Waals surface area contributed by atoms with Crippen LogP contribution in [0.3, 0.4) is 0 Å². The molecule has 1 aromatic rings. The molecule has 82 valence electrons. The number of benzene rings is 1. The summed E-state index contributed by atoms with van der Waals surface area (Å²) >= 11 is 0. The van der Waals surface area contributed by atoms with Crippen LogP contribution in [0.25, 0.3) is 0 Å². The minimum absolute atomic E-state index is 0.0756. The smallest absolute Gasteiger partial charge is 0.227 e. The van der Waals surface area contributed by atoms with E-state index in [1.54, 1.807) is 0 Å². The summed E-state index contributed by atoms with van der Waals surface area (Å²) in [7, 11) is 0. The zero-order chi connectivity index (χ0) is 11.4. The molecule has 2 nitrogen and oxygen atoms in total. The maximum absolute atomic E-state index is 11.6. The topological polar surface area (TPSA) is 29.1 Å². The first-order valence-electron chi connectivity index (χ1n) is 5.42. The van der Waals surface area contributed by atoms with E-state index in [9.17, 15) is 4.79 Å². The van der Waals surface area contributed by atoms with E-state index in [4.69, 9.17) is 0 Å². The number of nitrogens with one attached hydrogen (secondary N) is 1. The molecule has 0 saturated carbocycles. The van der Waals surface area contributed by atoms with Crippen LogP contribution in [-0.4, -0.2) is 5.91 Å². The molecule has 1 amide bonds. The number of aryl methyl sites for hydroxylation is 2. The molecule has 0 fully saturated rings. The third-order valence-corrected chi connectivity index (χ3v) is 2.83. The largest absolute Gasteiger partial charge is 0.326 e. The second kappa shape index (κ2) is 4.96. The van der Waals surface area contributed by atoms with E-state index >= 15 is 0 Å². The molecule has 0 bridgehead atoms. The van der Waals surface area contributed by atoms with E-state index in [0.29, 0.717) is 0 Å². The minimum Gasteiger partial charge on any atom is -0.326 e. The van der Waals surface area contributed by atoms with Crippen LogP contribution in [0.15, 0.2) is 18.2 Å². The lowest BCUT2D eigenvalue weighted by atomic mass is 10.1. The first-order chi connectivity index (χ1) is 7.04. The lowest BCUT2D eigenvalue weighted by Crippen LogP contribution is -2.19. The van der Waals surface area contributed by atoms with Gasteiger partial charge in [0.1, 0.15) is 0 Å². The van der Waals surface area contributed by atoms with Gasteiger partial charge in [0.2, 0.25) is 5.91 Å². The number of amides is 1. The molecule has 2 heteroatoms. The first kappa shape index (κ1) is 11.8. The minimum atomic E-state index is 0.0756. The molecular formula is C13H19NO. The number of carbonyl (C=O) groups is 1. The Morgan fingerprint density at radius 1 is 1.33 bits per heavy atom. The van der Waals surface area contributed by atoms with Crippen LogP contribution in [0.2, 0.25) is 0 Å². The van der Waals surface area contributed by atoms with E-state index in [0.717, 1.165) is 12.1 Å². The van der Waals surface area contributed by atoms with Gasteiger partial charge in [-0.2, -0.15) is 0 Å². The SMILES string of the molecule is CC[C@H](C)C(=O)Nc1ccc(C)c(C)c1. The molecule has 0 aliphatic heterocycles. The molecule has 1 N–H and O–H groups in total. The molecule has 1 rings (SSSR count). The normalized spacial score (nSPS) is 12.3. The number of anilines is 1. The standard InChI is InChI=1S/C13H19NO/c1-5-9(2)13(15)14-12-7-6-10(3)11(4)8-12/h6-9H,5H2,1-4H3,(H,14,15)/t9-/m0/s1. The monoisotopic (exact) mass is 205 g/mol. The Hall–Kier alpha value is -1.31. The second-order valence-electron chi connectivity index (χ2n) is 4.10. The van der Waals surface area contributed by atoms with Gasteiger partial charge < -0.3 is 5.32 Å². The van der Waals surface area contributed by atoms with E-state index in [2.05, 4.69) is 12.2 Å². The Bertz CT molecular complexity index is 358. The molecular weight excluding hydrogens is 186 g/mol. The summed E-state index contributed by atoms with van der Waals surface area (Å²) in [6, 6.07) is 5.99. The molecule has 0 aliphatic carbocycles. The summed E-state index contributed by atoms with van der Waals surface area (Å²) in [5.74, 6) is 0.173. The van der Waals surface area contributed by atoms with Crippen molar-refractivity contribution in [2.75, 3.05) is 5.32 Å². The number of hydrogen-bond acceptors (Lipinski definition) is 1. The average molecular weight is 205 g/mol. The lowest BCUT2D eigenvalue weighted by molar-refractivity contribution is -0.119. The van der Waals surface area contributed by atoms with Crippen molar-refractivity contribution >= 4 is 11.6 Å². The number of carbonyl (C=O) groups excluding carboxylic acids is 1. The summed E-state index contributed by atoms with van der Waals surface area (Å²) in [5, 5.41) is 2.92. The van der Waals surface area contributed by atoms with E-state index in [1.165, 1.54) is 11.1 Å². The Balaban J connectivity index is 2.73. The van der Waals surface area contributed by atoms with Gasteiger partial charge in [-0.05, 0) is 43.5 Å². The third kappa shape index (κ3) is 3.08. The van der Waals surface area contributed by atoms with E-state index in [1.807, 2.05) is 39.0 Å². The third-order valence-electron chi connectivity index (χ3n) is 2.83. The van der Waals surface area contributed by atoms with Gasteiger partial charge in [0.05, 0.1) is 0 Å². The van der Waals surface area contributed by atoms with Crippen molar-refractivity contribution in [1.29, 1.82) is 0 Å². The fraction of sp³-hybridized carbons (Fsp3) is 0.462. The van der Waals surface area contributed by atoms with Crippen molar-refractivity contribution in [3.05, 3.63) is 29.3 Å². The Labute approximate surface area is 91.7 Å². The highest BCUT2D eigenvalue weighted by molar-refractivity contribution is 5.92. The summed E-state index contributed by atoms with van der Waals surface area (Å²) in [6.07, 6.45) is 0.872. The Morgan fingerprint density at radius 2 is 2.00 bits per heavy atom. The van der Waals surface area contributed by atoms with Crippen LogP contribution in [0.5, 0.6) is 0 Å². The van der Waals surface area contributed by atoms with Gasteiger partial charge in [0, 0.05) is 11.6 Å². The molecule has 0 radical (unpaired) electrons. The average Bonchev–Trinajstić information content (AvgIpc) is 2.22. The Kier molecular flexibility index (Phi) is 3.89. The van der Waals surface area contributed by atoms with Crippen LogP contribution < -0.4 is 5.32 Å². The van der Waals surface area contributed by atoms with Gasteiger partial charge in [-0.1, -0.05) is 19.9 Å². The van der Waals surface area contributed by atoms with Gasteiger partial charge >= 0.3 is 0 Å².